The van der Waals surface area contributed by atoms with Gasteiger partial charge in [-0.3, -0.25) is 4.79 Å². The van der Waals surface area contributed by atoms with Crippen LogP contribution >= 0.6 is 12.4 Å². The number of hydrogen-bond donors (Lipinski definition) is 1. The maximum atomic E-state index is 12.2. The van der Waals surface area contributed by atoms with Crippen molar-refractivity contribution in [3.05, 3.63) is 0 Å². The van der Waals surface area contributed by atoms with Crippen molar-refractivity contribution >= 4 is 18.3 Å². The zero-order valence-corrected chi connectivity index (χ0v) is 12.7. The summed E-state index contributed by atoms with van der Waals surface area (Å²) in [6, 6.07) is 0. The van der Waals surface area contributed by atoms with Crippen LogP contribution in [0.1, 0.15) is 38.5 Å². The zero-order valence-electron chi connectivity index (χ0n) is 11.9. The van der Waals surface area contributed by atoms with Gasteiger partial charge in [0.05, 0.1) is 12.5 Å². The van der Waals surface area contributed by atoms with Crippen LogP contribution in [0.3, 0.4) is 0 Å². The average molecular weight is 291 g/mol. The summed E-state index contributed by atoms with van der Waals surface area (Å²) in [6.45, 7) is 3.71. The van der Waals surface area contributed by atoms with Crippen LogP contribution in [0.4, 0.5) is 0 Å². The Morgan fingerprint density at radius 3 is 2.84 bits per heavy atom. The molecule has 0 saturated carbocycles. The lowest BCUT2D eigenvalue weighted by Crippen LogP contribution is -2.43. The summed E-state index contributed by atoms with van der Waals surface area (Å²) in [5.41, 5.74) is 0. The fraction of sp³-hybridized carbons (Fsp3) is 0.929. The summed E-state index contributed by atoms with van der Waals surface area (Å²) in [5.74, 6) is 0.919. The summed E-state index contributed by atoms with van der Waals surface area (Å²) in [6.07, 6.45) is 6.56. The largest absolute Gasteiger partial charge is 0.378 e. The van der Waals surface area contributed by atoms with Crippen LogP contribution in [-0.4, -0.2) is 50.2 Å². The first kappa shape index (κ1) is 16.7. The van der Waals surface area contributed by atoms with Gasteiger partial charge in [-0.1, -0.05) is 0 Å². The molecule has 0 aromatic heterocycles. The minimum atomic E-state index is 0. The highest BCUT2D eigenvalue weighted by atomic mass is 35.5. The van der Waals surface area contributed by atoms with E-state index in [0.717, 1.165) is 45.5 Å². The number of likely N-dealkylation sites (tertiary alicyclic amines) is 1. The number of nitrogens with zero attached hydrogens (tertiary/aromatic N) is 1. The van der Waals surface area contributed by atoms with Gasteiger partial charge in [-0.2, -0.15) is 0 Å². The van der Waals surface area contributed by atoms with Crippen LogP contribution in [0.15, 0.2) is 0 Å². The first-order valence-corrected chi connectivity index (χ1v) is 7.33. The van der Waals surface area contributed by atoms with Gasteiger partial charge in [-0.05, 0) is 51.6 Å². The van der Waals surface area contributed by atoms with Gasteiger partial charge in [-0.25, -0.2) is 0 Å². The van der Waals surface area contributed by atoms with Gasteiger partial charge in [-0.15, -0.1) is 12.4 Å². The Morgan fingerprint density at radius 1 is 1.32 bits per heavy atom. The second kappa shape index (κ2) is 8.77. The number of ether oxygens (including phenoxy) is 1. The van der Waals surface area contributed by atoms with E-state index in [4.69, 9.17) is 4.74 Å². The van der Waals surface area contributed by atoms with Crippen molar-refractivity contribution in [1.82, 2.24) is 10.2 Å². The summed E-state index contributed by atoms with van der Waals surface area (Å²) < 4.78 is 5.65. The van der Waals surface area contributed by atoms with E-state index >= 15 is 0 Å². The van der Waals surface area contributed by atoms with E-state index in [1.165, 1.54) is 12.8 Å². The van der Waals surface area contributed by atoms with Crippen molar-refractivity contribution in [3.63, 3.8) is 0 Å². The maximum absolute atomic E-state index is 12.2. The molecule has 2 saturated heterocycles. The van der Waals surface area contributed by atoms with Crippen LogP contribution in [0.25, 0.3) is 0 Å². The Bertz CT molecular complexity index is 268. The number of hydrogen-bond acceptors (Lipinski definition) is 3. The zero-order chi connectivity index (χ0) is 12.8. The fourth-order valence-electron chi connectivity index (χ4n) is 3.04. The molecule has 1 amide bonds. The Labute approximate surface area is 122 Å². The lowest BCUT2D eigenvalue weighted by atomic mass is 9.97. The van der Waals surface area contributed by atoms with Gasteiger partial charge in [0.15, 0.2) is 0 Å². The summed E-state index contributed by atoms with van der Waals surface area (Å²) >= 11 is 0. The number of rotatable bonds is 4. The minimum absolute atomic E-state index is 0. The van der Waals surface area contributed by atoms with Crippen molar-refractivity contribution in [1.29, 1.82) is 0 Å². The molecule has 2 aliphatic rings. The monoisotopic (exact) mass is 290 g/mol. The van der Waals surface area contributed by atoms with Gasteiger partial charge in [0.1, 0.15) is 0 Å². The quantitative estimate of drug-likeness (QED) is 0.859. The van der Waals surface area contributed by atoms with Crippen molar-refractivity contribution < 1.29 is 9.53 Å². The van der Waals surface area contributed by atoms with Gasteiger partial charge < -0.3 is 15.0 Å². The SMILES string of the molecule is CNCC1CCCN(C(=O)CC2CCCCO2)C1.Cl. The standard InChI is InChI=1S/C14H26N2O2.ClH/c1-15-10-12-5-4-7-16(11-12)14(17)9-13-6-2-3-8-18-13;/h12-13,15H,2-11H2,1H3;1H. The average Bonchev–Trinajstić information content (AvgIpc) is 2.40. The van der Waals surface area contributed by atoms with Crippen LogP contribution < -0.4 is 5.32 Å². The normalized spacial score (nSPS) is 27.7. The van der Waals surface area contributed by atoms with Crippen LogP contribution in [0.2, 0.25) is 0 Å². The Morgan fingerprint density at radius 2 is 2.16 bits per heavy atom. The molecule has 2 aliphatic heterocycles. The van der Waals surface area contributed by atoms with Gasteiger partial charge in [0.2, 0.25) is 5.91 Å². The van der Waals surface area contributed by atoms with E-state index in [-0.39, 0.29) is 18.5 Å². The molecule has 0 aliphatic carbocycles. The Kier molecular flexibility index (Phi) is 7.73. The molecule has 0 radical (unpaired) electrons. The molecule has 0 aromatic carbocycles. The van der Waals surface area contributed by atoms with Crippen molar-refractivity contribution in [3.8, 4) is 0 Å². The first-order valence-electron chi connectivity index (χ1n) is 7.33. The Balaban J connectivity index is 0.00000180. The second-order valence-electron chi connectivity index (χ2n) is 5.60. The number of halogens is 1. The molecular formula is C14H27ClN2O2. The topological polar surface area (TPSA) is 41.6 Å². The highest BCUT2D eigenvalue weighted by molar-refractivity contribution is 5.85. The maximum Gasteiger partial charge on any atom is 0.225 e. The predicted molar refractivity (Wildman–Crippen MR) is 78.7 cm³/mol. The molecule has 19 heavy (non-hydrogen) atoms. The lowest BCUT2D eigenvalue weighted by Gasteiger charge is -2.34. The summed E-state index contributed by atoms with van der Waals surface area (Å²) in [5, 5.41) is 3.22. The molecule has 2 unspecified atom stereocenters. The minimum Gasteiger partial charge on any atom is -0.378 e. The van der Waals surface area contributed by atoms with E-state index in [1.807, 2.05) is 11.9 Å². The van der Waals surface area contributed by atoms with Gasteiger partial charge in [0.25, 0.3) is 0 Å². The van der Waals surface area contributed by atoms with Crippen LogP contribution in [-0.2, 0) is 9.53 Å². The van der Waals surface area contributed by atoms with E-state index in [2.05, 4.69) is 5.32 Å². The number of amides is 1. The molecule has 2 fully saturated rings. The molecule has 112 valence electrons. The summed E-state index contributed by atoms with van der Waals surface area (Å²) in [7, 11) is 1.98. The smallest absolute Gasteiger partial charge is 0.225 e. The number of nitrogens with one attached hydrogen (secondary N) is 1. The highest BCUT2D eigenvalue weighted by Gasteiger charge is 2.26. The third-order valence-corrected chi connectivity index (χ3v) is 4.04. The number of piperidine rings is 1. The van der Waals surface area contributed by atoms with Crippen molar-refractivity contribution in [2.45, 2.75) is 44.6 Å². The van der Waals surface area contributed by atoms with Crippen LogP contribution in [0.5, 0.6) is 0 Å². The van der Waals surface area contributed by atoms with E-state index in [1.54, 1.807) is 0 Å². The molecular weight excluding hydrogens is 264 g/mol. The van der Waals surface area contributed by atoms with E-state index in [0.29, 0.717) is 18.2 Å². The molecule has 0 bridgehead atoms. The molecule has 5 heteroatoms. The highest BCUT2D eigenvalue weighted by Crippen LogP contribution is 2.20. The van der Waals surface area contributed by atoms with E-state index < -0.39 is 0 Å². The lowest BCUT2D eigenvalue weighted by molar-refractivity contribution is -0.136. The summed E-state index contributed by atoms with van der Waals surface area (Å²) in [4.78, 5) is 14.3. The molecule has 2 heterocycles. The fourth-order valence-corrected chi connectivity index (χ4v) is 3.04. The second-order valence-corrected chi connectivity index (χ2v) is 5.60. The number of carbonyl (C=O) groups is 1. The molecule has 1 N–H and O–H groups in total. The molecule has 4 nitrogen and oxygen atoms in total. The predicted octanol–water partition coefficient (Wildman–Crippen LogP) is 1.83. The van der Waals surface area contributed by atoms with Crippen molar-refractivity contribution in [2.24, 2.45) is 5.92 Å². The van der Waals surface area contributed by atoms with Crippen molar-refractivity contribution in [2.75, 3.05) is 33.3 Å². The van der Waals surface area contributed by atoms with E-state index in [9.17, 15) is 4.79 Å². The van der Waals surface area contributed by atoms with Gasteiger partial charge >= 0.3 is 0 Å². The number of carbonyl (C=O) groups excluding carboxylic acids is 1. The third-order valence-electron chi connectivity index (χ3n) is 4.04. The third kappa shape index (κ3) is 5.28. The molecule has 2 atom stereocenters. The van der Waals surface area contributed by atoms with Crippen LogP contribution in [0, 0.1) is 5.92 Å². The molecule has 0 spiro atoms. The first-order chi connectivity index (χ1) is 8.79. The van der Waals surface area contributed by atoms with Gasteiger partial charge in [0, 0.05) is 19.7 Å². The Hall–Kier alpha value is -0.320. The molecule has 2 rings (SSSR count). The molecule has 0 aromatic rings.